The van der Waals surface area contributed by atoms with Crippen molar-refractivity contribution in [2.75, 3.05) is 11.1 Å². The Morgan fingerprint density at radius 3 is 2.47 bits per heavy atom. The highest BCUT2D eigenvalue weighted by molar-refractivity contribution is 7.21. The number of hydrogen-bond donors (Lipinski definition) is 2. The zero-order valence-corrected chi connectivity index (χ0v) is 18.9. The number of carbonyl (C=O) groups is 1. The topological polar surface area (TPSA) is 85.8 Å². The van der Waals surface area contributed by atoms with Gasteiger partial charge in [-0.15, -0.1) is 11.3 Å². The van der Waals surface area contributed by atoms with Crippen LogP contribution in [-0.4, -0.2) is 20.7 Å². The number of carbonyl (C=O) groups excluding carboxylic acids is 1. The molecule has 0 saturated carbocycles. The van der Waals surface area contributed by atoms with E-state index in [9.17, 15) is 18.0 Å². The molecule has 0 radical (unpaired) electrons. The number of halogens is 4. The zero-order valence-electron chi connectivity index (χ0n) is 17.3. The van der Waals surface area contributed by atoms with Gasteiger partial charge in [-0.05, 0) is 24.3 Å². The molecule has 0 aliphatic carbocycles. The van der Waals surface area contributed by atoms with Crippen molar-refractivity contribution >= 4 is 50.6 Å². The van der Waals surface area contributed by atoms with Crippen LogP contribution in [0.4, 0.5) is 24.8 Å². The average Bonchev–Trinajstić information content (AvgIpc) is 3.30. The summed E-state index contributed by atoms with van der Waals surface area (Å²) in [4.78, 5) is 17.1. The van der Waals surface area contributed by atoms with Crippen molar-refractivity contribution in [2.45, 2.75) is 20.0 Å². The Kier molecular flexibility index (Phi) is 6.75. The Bertz CT molecular complexity index is 1280. The van der Waals surface area contributed by atoms with Crippen LogP contribution in [0.25, 0.3) is 21.3 Å². The fourth-order valence-electron chi connectivity index (χ4n) is 2.95. The molecule has 0 bridgehead atoms. The summed E-state index contributed by atoms with van der Waals surface area (Å²) in [6.07, 6.45) is -4.57. The summed E-state index contributed by atoms with van der Waals surface area (Å²) in [5, 5.41) is 7.19. The largest absolute Gasteiger partial charge is 0.435 e. The molecule has 0 aliphatic heterocycles. The van der Waals surface area contributed by atoms with E-state index in [1.54, 1.807) is 0 Å². The predicted molar refractivity (Wildman–Crippen MR) is 122 cm³/mol. The maximum absolute atomic E-state index is 12.9. The van der Waals surface area contributed by atoms with Gasteiger partial charge in [0.2, 0.25) is 0 Å². The smallest absolute Gasteiger partial charge is 0.383 e. The second-order valence-electron chi connectivity index (χ2n) is 6.36. The van der Waals surface area contributed by atoms with Crippen LogP contribution in [0, 0.1) is 0 Å². The van der Waals surface area contributed by atoms with Crippen LogP contribution in [0.5, 0.6) is 0 Å². The molecule has 1 aromatic carbocycles. The van der Waals surface area contributed by atoms with Gasteiger partial charge in [-0.2, -0.15) is 18.3 Å². The Labute approximate surface area is 190 Å². The molecule has 6 nitrogen and oxygen atoms in total. The minimum atomic E-state index is -4.57. The number of nitrogens with one attached hydrogen (secondary N) is 1. The molecule has 0 saturated heterocycles. The number of nitrogen functional groups attached to an aromatic ring is 1. The molecule has 3 heterocycles. The first-order valence-corrected chi connectivity index (χ1v) is 10.7. The van der Waals surface area contributed by atoms with Crippen LogP contribution in [0.3, 0.4) is 0 Å². The summed E-state index contributed by atoms with van der Waals surface area (Å²) in [5.74, 6) is -0.360. The fourth-order valence-corrected chi connectivity index (χ4v) is 4.36. The van der Waals surface area contributed by atoms with E-state index in [2.05, 4.69) is 15.4 Å². The number of thiophene rings is 1. The van der Waals surface area contributed by atoms with Crippen molar-refractivity contribution in [1.82, 2.24) is 14.8 Å². The molecular formula is C21H19ClF3N5OS. The Morgan fingerprint density at radius 1 is 1.19 bits per heavy atom. The molecule has 0 aliphatic rings. The van der Waals surface area contributed by atoms with Gasteiger partial charge in [0.1, 0.15) is 16.5 Å². The van der Waals surface area contributed by atoms with Crippen LogP contribution >= 0.6 is 22.9 Å². The van der Waals surface area contributed by atoms with Crippen molar-refractivity contribution < 1.29 is 18.0 Å². The number of amides is 1. The molecular weight excluding hydrogens is 463 g/mol. The second-order valence-corrected chi connectivity index (χ2v) is 7.79. The van der Waals surface area contributed by atoms with E-state index in [0.717, 1.165) is 20.8 Å². The average molecular weight is 482 g/mol. The third kappa shape index (κ3) is 4.56. The van der Waals surface area contributed by atoms with E-state index >= 15 is 0 Å². The molecule has 0 spiro atoms. The summed E-state index contributed by atoms with van der Waals surface area (Å²) in [7, 11) is 1.38. The molecule has 0 unspecified atom stereocenters. The molecule has 0 fully saturated rings. The zero-order chi connectivity index (χ0) is 23.6. The van der Waals surface area contributed by atoms with Crippen LogP contribution in [0.1, 0.15) is 29.2 Å². The first kappa shape index (κ1) is 23.6. The first-order chi connectivity index (χ1) is 15.1. The van der Waals surface area contributed by atoms with Gasteiger partial charge in [0.25, 0.3) is 5.91 Å². The molecule has 1 amide bonds. The van der Waals surface area contributed by atoms with E-state index in [0.29, 0.717) is 9.90 Å². The van der Waals surface area contributed by atoms with Gasteiger partial charge in [-0.1, -0.05) is 43.6 Å². The lowest BCUT2D eigenvalue weighted by Gasteiger charge is -2.08. The number of nitrogens with zero attached hydrogens (tertiary/aromatic N) is 3. The van der Waals surface area contributed by atoms with Crippen LogP contribution in [0.2, 0.25) is 5.02 Å². The van der Waals surface area contributed by atoms with Gasteiger partial charge < -0.3 is 11.1 Å². The number of aromatic nitrogens is 3. The molecule has 32 heavy (non-hydrogen) atoms. The number of anilines is 2. The lowest BCUT2D eigenvalue weighted by molar-refractivity contribution is -0.141. The van der Waals surface area contributed by atoms with Crippen molar-refractivity contribution in [3.63, 3.8) is 0 Å². The lowest BCUT2D eigenvalue weighted by atomic mass is 10.1. The Balaban J connectivity index is 0.00000141. The van der Waals surface area contributed by atoms with Crippen molar-refractivity contribution in [2.24, 2.45) is 7.05 Å². The number of benzene rings is 1. The molecule has 0 atom stereocenters. The molecule has 4 rings (SSSR count). The van der Waals surface area contributed by atoms with Crippen LogP contribution < -0.4 is 11.1 Å². The van der Waals surface area contributed by atoms with Gasteiger partial charge in [-0.3, -0.25) is 9.48 Å². The quantitative estimate of drug-likeness (QED) is 0.363. The number of alkyl halides is 3. The van der Waals surface area contributed by atoms with Gasteiger partial charge in [0.05, 0.1) is 10.7 Å². The van der Waals surface area contributed by atoms with Gasteiger partial charge in [-0.25, -0.2) is 4.98 Å². The number of aryl methyl sites for hydroxylation is 1. The number of nitrogens with two attached hydrogens (primary N) is 1. The number of fused-ring (bicyclic) bond motifs is 1. The third-order valence-corrected chi connectivity index (χ3v) is 6.03. The molecule has 3 aromatic heterocycles. The highest BCUT2D eigenvalue weighted by Crippen LogP contribution is 2.36. The summed E-state index contributed by atoms with van der Waals surface area (Å²) < 4.78 is 40.6. The van der Waals surface area contributed by atoms with Crippen LogP contribution in [-0.2, 0) is 13.2 Å². The third-order valence-electron chi connectivity index (χ3n) is 4.35. The maximum Gasteiger partial charge on any atom is 0.435 e. The summed E-state index contributed by atoms with van der Waals surface area (Å²) in [6, 6.07) is 11.2. The standard InChI is InChI=1S/C19H13ClF3N5OS.C2H6/c1-28-11(8-13(27-28)19(21,22)23)9-6-7-14(25-17(9)24)26-18(29)16-15(20)10-4-2-3-5-12(10)30-16;1-2/h2-8H,1H3,(H3,24,25,26,29);1-2H3. The van der Waals surface area contributed by atoms with Crippen molar-refractivity contribution in [1.29, 1.82) is 0 Å². The lowest BCUT2D eigenvalue weighted by Crippen LogP contribution is -2.12. The summed E-state index contributed by atoms with van der Waals surface area (Å²) >= 11 is 7.56. The first-order valence-electron chi connectivity index (χ1n) is 9.51. The SMILES string of the molecule is CC.Cn1nc(C(F)(F)F)cc1-c1ccc(NC(=O)c2sc3ccccc3c2Cl)nc1N. The van der Waals surface area contributed by atoms with Crippen molar-refractivity contribution in [3.8, 4) is 11.3 Å². The highest BCUT2D eigenvalue weighted by atomic mass is 35.5. The highest BCUT2D eigenvalue weighted by Gasteiger charge is 2.35. The van der Waals surface area contributed by atoms with Crippen molar-refractivity contribution in [3.05, 3.63) is 58.1 Å². The van der Waals surface area contributed by atoms with Gasteiger partial charge in [0.15, 0.2) is 5.69 Å². The molecule has 4 aromatic rings. The monoisotopic (exact) mass is 481 g/mol. The normalized spacial score (nSPS) is 11.2. The van der Waals surface area contributed by atoms with Gasteiger partial charge in [0, 0.05) is 22.7 Å². The minimum absolute atomic E-state index is 0.0491. The Morgan fingerprint density at radius 2 is 1.88 bits per heavy atom. The Hall–Kier alpha value is -3.11. The number of hydrogen-bond acceptors (Lipinski definition) is 5. The van der Waals surface area contributed by atoms with Crippen LogP contribution in [0.15, 0.2) is 42.5 Å². The molecule has 168 valence electrons. The fraction of sp³-hybridized carbons (Fsp3) is 0.190. The van der Waals surface area contributed by atoms with Gasteiger partial charge >= 0.3 is 6.18 Å². The molecule has 3 N–H and O–H groups in total. The number of rotatable bonds is 3. The van der Waals surface area contributed by atoms with E-state index in [1.807, 2.05) is 38.1 Å². The molecule has 11 heteroatoms. The van der Waals surface area contributed by atoms with E-state index in [-0.39, 0.29) is 22.9 Å². The summed E-state index contributed by atoms with van der Waals surface area (Å²) in [6.45, 7) is 4.00. The van der Waals surface area contributed by atoms with E-state index in [4.69, 9.17) is 17.3 Å². The number of pyridine rings is 1. The second kappa shape index (κ2) is 9.17. The minimum Gasteiger partial charge on any atom is -0.383 e. The maximum atomic E-state index is 12.9. The predicted octanol–water partition coefficient (Wildman–Crippen LogP) is 6.23. The van der Waals surface area contributed by atoms with E-state index < -0.39 is 17.8 Å². The van der Waals surface area contributed by atoms with E-state index in [1.165, 1.54) is 30.5 Å². The summed E-state index contributed by atoms with van der Waals surface area (Å²) in [5.41, 5.74) is 5.32.